The summed E-state index contributed by atoms with van der Waals surface area (Å²) in [6.45, 7) is 0.358. The monoisotopic (exact) mass is 463 g/mol. The number of halogens is 1. The summed E-state index contributed by atoms with van der Waals surface area (Å²) in [6.07, 6.45) is 1.64. The van der Waals surface area contributed by atoms with Gasteiger partial charge < -0.3 is 14.8 Å². The van der Waals surface area contributed by atoms with Gasteiger partial charge in [0, 0.05) is 0 Å². The smallest absolute Gasteiger partial charge is 0.488 e. The molecule has 6 nitrogen and oxygen atoms in total. The van der Waals surface area contributed by atoms with Gasteiger partial charge in [-0.15, -0.1) is 0 Å². The van der Waals surface area contributed by atoms with Gasteiger partial charge in [-0.2, -0.15) is 0 Å². The van der Waals surface area contributed by atoms with Gasteiger partial charge in [-0.05, 0) is 64.3 Å². The highest BCUT2D eigenvalue weighted by atomic mass is 32.2. The molecule has 3 aromatic carbocycles. The maximum Gasteiger partial charge on any atom is 0.488 e. The maximum absolute atomic E-state index is 13.1. The Bertz CT molecular complexity index is 1200. The molecular weight excluding hydrogens is 444 g/mol. The van der Waals surface area contributed by atoms with Crippen molar-refractivity contribution in [3.63, 3.8) is 0 Å². The number of benzene rings is 3. The van der Waals surface area contributed by atoms with Crippen LogP contribution in [0.4, 0.5) is 9.18 Å². The Morgan fingerprint density at radius 2 is 1.67 bits per heavy atom. The molecule has 0 unspecified atom stereocenters. The van der Waals surface area contributed by atoms with Crippen LogP contribution in [-0.4, -0.2) is 33.2 Å². The van der Waals surface area contributed by atoms with Crippen LogP contribution in [0, 0.1) is 5.82 Å². The average molecular weight is 463 g/mol. The lowest BCUT2D eigenvalue weighted by Crippen LogP contribution is -2.29. The first-order valence-electron chi connectivity index (χ1n) is 10.1. The third-order valence-electron chi connectivity index (χ3n) is 4.97. The lowest BCUT2D eigenvalue weighted by Gasteiger charge is -2.12. The quantitative estimate of drug-likeness (QED) is 0.413. The zero-order valence-corrected chi connectivity index (χ0v) is 18.2. The van der Waals surface area contributed by atoms with Crippen molar-refractivity contribution in [2.24, 2.45) is 0 Å². The third kappa shape index (κ3) is 5.70. The zero-order chi connectivity index (χ0) is 23.4. The molecule has 0 aliphatic carbocycles. The van der Waals surface area contributed by atoms with E-state index in [0.29, 0.717) is 27.2 Å². The number of imide groups is 1. The molecule has 0 spiro atoms. The summed E-state index contributed by atoms with van der Waals surface area (Å²) in [5, 5.41) is 17.9. The number of carbonyl (C=O) groups is 2. The molecule has 0 bridgehead atoms. The highest BCUT2D eigenvalue weighted by Crippen LogP contribution is 2.33. The third-order valence-corrected chi connectivity index (χ3v) is 5.87. The molecule has 33 heavy (non-hydrogen) atoms. The molecule has 0 aromatic heterocycles. The van der Waals surface area contributed by atoms with Gasteiger partial charge in [0.1, 0.15) is 18.2 Å². The first-order chi connectivity index (χ1) is 15.9. The van der Waals surface area contributed by atoms with Crippen LogP contribution in [0.1, 0.15) is 16.7 Å². The molecule has 1 heterocycles. The second-order valence-electron chi connectivity index (χ2n) is 7.37. The first-order valence-corrected chi connectivity index (χ1v) is 10.9. The zero-order valence-electron chi connectivity index (χ0n) is 17.3. The van der Waals surface area contributed by atoms with Gasteiger partial charge in [0.25, 0.3) is 11.1 Å². The van der Waals surface area contributed by atoms with E-state index in [1.54, 1.807) is 66.7 Å². The minimum Gasteiger partial charge on any atom is -0.489 e. The number of carbonyl (C=O) groups excluding carboxylic acids is 2. The lowest BCUT2D eigenvalue weighted by atomic mass is 9.80. The van der Waals surface area contributed by atoms with E-state index in [4.69, 9.17) is 14.8 Å². The number of rotatable bonds is 7. The fourth-order valence-electron chi connectivity index (χ4n) is 3.21. The summed E-state index contributed by atoms with van der Waals surface area (Å²) in [7, 11) is -1.51. The van der Waals surface area contributed by atoms with Crippen molar-refractivity contribution < 1.29 is 28.8 Å². The predicted molar refractivity (Wildman–Crippen MR) is 125 cm³/mol. The largest absolute Gasteiger partial charge is 0.489 e. The van der Waals surface area contributed by atoms with Crippen LogP contribution in [0.5, 0.6) is 5.75 Å². The van der Waals surface area contributed by atoms with E-state index >= 15 is 0 Å². The highest BCUT2D eigenvalue weighted by molar-refractivity contribution is 8.18. The highest BCUT2D eigenvalue weighted by Gasteiger charge is 2.35. The standard InChI is InChI=1S/C24H19BFNO5S/c26-20-10-6-16(7-11-20)14-27-23(28)22(33-24(27)29)13-18-2-1-3-21(12-18)32-15-17-4-8-19(9-5-17)25(30)31/h1-13,30-31H,14-15H2/b22-13-. The van der Waals surface area contributed by atoms with Crippen LogP contribution in [0.3, 0.4) is 0 Å². The molecule has 0 saturated carbocycles. The molecule has 1 fully saturated rings. The summed E-state index contributed by atoms with van der Waals surface area (Å²) >= 11 is 0.862. The number of amides is 2. The Labute approximate surface area is 194 Å². The Morgan fingerprint density at radius 1 is 0.970 bits per heavy atom. The van der Waals surface area contributed by atoms with E-state index in [1.165, 1.54) is 12.1 Å². The van der Waals surface area contributed by atoms with Crippen LogP contribution >= 0.6 is 11.8 Å². The van der Waals surface area contributed by atoms with Crippen molar-refractivity contribution in [2.45, 2.75) is 13.2 Å². The van der Waals surface area contributed by atoms with E-state index in [1.807, 2.05) is 0 Å². The van der Waals surface area contributed by atoms with E-state index in [-0.39, 0.29) is 24.2 Å². The predicted octanol–water partition coefficient (Wildman–Crippen LogP) is 3.32. The Hall–Kier alpha value is -3.40. The van der Waals surface area contributed by atoms with Crippen molar-refractivity contribution in [2.75, 3.05) is 0 Å². The molecule has 9 heteroatoms. The van der Waals surface area contributed by atoms with Gasteiger partial charge in [0.05, 0.1) is 11.4 Å². The Morgan fingerprint density at radius 3 is 2.36 bits per heavy atom. The van der Waals surface area contributed by atoms with Crippen molar-refractivity contribution in [3.8, 4) is 5.75 Å². The molecule has 2 amide bonds. The second-order valence-corrected chi connectivity index (χ2v) is 8.36. The molecular formula is C24H19BFNO5S. The summed E-state index contributed by atoms with van der Waals surface area (Å²) in [4.78, 5) is 26.5. The molecule has 0 atom stereocenters. The average Bonchev–Trinajstić information content (AvgIpc) is 3.07. The van der Waals surface area contributed by atoms with Crippen molar-refractivity contribution >= 4 is 41.6 Å². The summed E-state index contributed by atoms with van der Waals surface area (Å²) in [5.41, 5.74) is 2.62. The van der Waals surface area contributed by atoms with Crippen molar-refractivity contribution in [1.82, 2.24) is 4.90 Å². The normalized spacial score (nSPS) is 14.8. The van der Waals surface area contributed by atoms with E-state index in [9.17, 15) is 14.0 Å². The molecule has 4 rings (SSSR count). The van der Waals surface area contributed by atoms with Gasteiger partial charge in [-0.1, -0.05) is 48.5 Å². The summed E-state index contributed by atoms with van der Waals surface area (Å²) < 4.78 is 18.9. The Kier molecular flexibility index (Phi) is 6.93. The molecule has 1 aliphatic rings. The maximum atomic E-state index is 13.1. The molecule has 0 radical (unpaired) electrons. The number of ether oxygens (including phenoxy) is 1. The lowest BCUT2D eigenvalue weighted by molar-refractivity contribution is -0.123. The van der Waals surface area contributed by atoms with E-state index < -0.39 is 13.0 Å². The van der Waals surface area contributed by atoms with Gasteiger partial charge in [-0.3, -0.25) is 14.5 Å². The fourth-order valence-corrected chi connectivity index (χ4v) is 4.05. The topological polar surface area (TPSA) is 87.1 Å². The van der Waals surface area contributed by atoms with Gasteiger partial charge in [0.2, 0.25) is 0 Å². The number of hydrogen-bond acceptors (Lipinski definition) is 6. The van der Waals surface area contributed by atoms with Crippen LogP contribution in [0.25, 0.3) is 6.08 Å². The number of hydrogen-bond donors (Lipinski definition) is 2. The SMILES string of the molecule is O=C1S/C(=C\c2cccc(OCc3ccc(B(O)O)cc3)c2)C(=O)N1Cc1ccc(F)cc1. The second kappa shape index (κ2) is 10.0. The van der Waals surface area contributed by atoms with Gasteiger partial charge >= 0.3 is 7.12 Å². The first kappa shape index (κ1) is 22.8. The van der Waals surface area contributed by atoms with Gasteiger partial charge in [-0.25, -0.2) is 4.39 Å². The minimum atomic E-state index is -1.51. The fraction of sp³-hybridized carbons (Fsp3) is 0.0833. The Balaban J connectivity index is 1.42. The summed E-state index contributed by atoms with van der Waals surface area (Å²) in [5.74, 6) is -0.191. The van der Waals surface area contributed by atoms with Crippen LogP contribution in [0.15, 0.2) is 77.7 Å². The van der Waals surface area contributed by atoms with Gasteiger partial charge in [0.15, 0.2) is 0 Å². The van der Waals surface area contributed by atoms with Crippen molar-refractivity contribution in [1.29, 1.82) is 0 Å². The van der Waals surface area contributed by atoms with Crippen LogP contribution in [0.2, 0.25) is 0 Å². The molecule has 1 aliphatic heterocycles. The van der Waals surface area contributed by atoms with Crippen LogP contribution in [-0.2, 0) is 17.9 Å². The van der Waals surface area contributed by atoms with E-state index in [0.717, 1.165) is 22.2 Å². The summed E-state index contributed by atoms with van der Waals surface area (Å²) in [6, 6.07) is 19.5. The number of thioether (sulfide) groups is 1. The van der Waals surface area contributed by atoms with Crippen molar-refractivity contribution in [3.05, 3.63) is 100 Å². The van der Waals surface area contributed by atoms with E-state index in [2.05, 4.69) is 0 Å². The molecule has 1 saturated heterocycles. The minimum absolute atomic E-state index is 0.0809. The van der Waals surface area contributed by atoms with Crippen LogP contribution < -0.4 is 10.2 Å². The molecule has 2 N–H and O–H groups in total. The molecule has 166 valence electrons. The molecule has 3 aromatic rings. The number of nitrogens with zero attached hydrogens (tertiary/aromatic N) is 1.